The number of ketones is 1. The number of hydrogen-bond donors (Lipinski definition) is 1. The number of nitrogens with zero attached hydrogens (tertiary/aromatic N) is 2. The number of aryl methyl sites for hydroxylation is 1. The summed E-state index contributed by atoms with van der Waals surface area (Å²) in [6, 6.07) is 6.72. The van der Waals surface area contributed by atoms with E-state index in [1.165, 1.54) is 20.8 Å². The molecule has 2 aromatic heterocycles. The third-order valence-corrected chi connectivity index (χ3v) is 6.26. The normalized spacial score (nSPS) is 13.5. The molecule has 0 unspecified atom stereocenters. The van der Waals surface area contributed by atoms with Crippen LogP contribution >= 0.6 is 23.6 Å². The Bertz CT molecular complexity index is 1240. The average molecular weight is 415 g/mol. The minimum absolute atomic E-state index is 0.0261. The minimum atomic E-state index is -0.281. The van der Waals surface area contributed by atoms with Crippen molar-refractivity contribution in [1.29, 1.82) is 0 Å². The molecule has 0 saturated carbocycles. The summed E-state index contributed by atoms with van der Waals surface area (Å²) in [6.07, 6.45) is 0.821. The van der Waals surface area contributed by atoms with Gasteiger partial charge in [0.1, 0.15) is 10.6 Å². The maximum atomic E-state index is 12.8. The van der Waals surface area contributed by atoms with Crippen molar-refractivity contribution >= 4 is 51.1 Å². The fraction of sp³-hybridized carbons (Fsp3) is 0.263. The van der Waals surface area contributed by atoms with Crippen LogP contribution in [-0.2, 0) is 17.8 Å². The van der Waals surface area contributed by atoms with Crippen LogP contribution < -0.4 is 15.2 Å². The number of benzene rings is 1. The molecule has 4 rings (SSSR count). The van der Waals surface area contributed by atoms with E-state index in [0.29, 0.717) is 22.4 Å². The van der Waals surface area contributed by atoms with Gasteiger partial charge in [0.25, 0.3) is 11.5 Å². The van der Waals surface area contributed by atoms with Gasteiger partial charge >= 0.3 is 0 Å². The Balaban J connectivity index is 1.70. The predicted molar refractivity (Wildman–Crippen MR) is 110 cm³/mol. The first-order valence-corrected chi connectivity index (χ1v) is 9.93. The second-order valence-corrected chi connectivity index (χ2v) is 8.00. The maximum Gasteiger partial charge on any atom is 0.264 e. The molecule has 1 aliphatic rings. The third kappa shape index (κ3) is 3.06. The monoisotopic (exact) mass is 415 g/mol. The lowest BCUT2D eigenvalue weighted by molar-refractivity contribution is -0.120. The van der Waals surface area contributed by atoms with Crippen molar-refractivity contribution in [3.05, 3.63) is 49.8 Å². The van der Waals surface area contributed by atoms with Gasteiger partial charge in [0.05, 0.1) is 17.6 Å². The number of thiophene rings is 1. The van der Waals surface area contributed by atoms with E-state index < -0.39 is 0 Å². The van der Waals surface area contributed by atoms with Crippen LogP contribution in [0.5, 0.6) is 5.75 Å². The highest BCUT2D eigenvalue weighted by atomic mass is 32.1. The van der Waals surface area contributed by atoms with Gasteiger partial charge in [-0.25, -0.2) is 0 Å². The number of likely N-dealkylation sites (N-methyl/N-ethyl adjacent to an activating group) is 1. The van der Waals surface area contributed by atoms with E-state index in [4.69, 9.17) is 17.0 Å². The van der Waals surface area contributed by atoms with Crippen molar-refractivity contribution in [1.82, 2.24) is 9.55 Å². The fourth-order valence-electron chi connectivity index (χ4n) is 3.09. The Morgan fingerprint density at radius 3 is 2.86 bits per heavy atom. The Hall–Kier alpha value is -2.78. The molecule has 0 spiro atoms. The molecular weight excluding hydrogens is 398 g/mol. The Morgan fingerprint density at radius 2 is 2.11 bits per heavy atom. The quantitative estimate of drug-likeness (QED) is 0.523. The van der Waals surface area contributed by atoms with Gasteiger partial charge in [-0.15, -0.1) is 11.3 Å². The SMILES string of the molecule is CCc1cc2c(=O)n(CC(=O)c3ccc4c(c3)N(C)C(=O)CO4)c(=S)[nH]c2s1. The molecule has 0 aliphatic carbocycles. The number of fused-ring (bicyclic) bond motifs is 2. The van der Waals surface area contributed by atoms with Gasteiger partial charge in [0.15, 0.2) is 17.2 Å². The molecule has 0 saturated heterocycles. The summed E-state index contributed by atoms with van der Waals surface area (Å²) in [5.74, 6) is 0.0754. The number of hydrogen-bond acceptors (Lipinski definition) is 6. The van der Waals surface area contributed by atoms with Gasteiger partial charge in [-0.2, -0.15) is 0 Å². The number of ether oxygens (including phenoxy) is 1. The first-order valence-electron chi connectivity index (χ1n) is 8.71. The van der Waals surface area contributed by atoms with E-state index >= 15 is 0 Å². The van der Waals surface area contributed by atoms with Crippen LogP contribution in [0, 0.1) is 4.77 Å². The van der Waals surface area contributed by atoms with Gasteiger partial charge in [-0.1, -0.05) is 6.92 Å². The third-order valence-electron chi connectivity index (χ3n) is 4.74. The average Bonchev–Trinajstić information content (AvgIpc) is 3.11. The van der Waals surface area contributed by atoms with Gasteiger partial charge in [-0.05, 0) is 42.9 Å². The van der Waals surface area contributed by atoms with E-state index in [-0.39, 0.29) is 35.2 Å². The zero-order valence-electron chi connectivity index (χ0n) is 15.3. The molecule has 1 N–H and O–H groups in total. The van der Waals surface area contributed by atoms with Crippen LogP contribution in [0.2, 0.25) is 0 Å². The van der Waals surface area contributed by atoms with Crippen molar-refractivity contribution in [2.75, 3.05) is 18.6 Å². The number of Topliss-reactive ketones (excluding diaryl/α,β-unsaturated/α-hetero) is 1. The molecule has 28 heavy (non-hydrogen) atoms. The standard InChI is InChI=1S/C19H17N3O4S2/c1-3-11-7-12-17(28-11)20-19(27)22(18(12)25)8-14(23)10-4-5-15-13(6-10)21(2)16(24)9-26-15/h4-7H,3,8-9H2,1-2H3,(H,20,27). The number of H-pyrrole nitrogens is 1. The van der Waals surface area contributed by atoms with E-state index in [1.807, 2.05) is 13.0 Å². The van der Waals surface area contributed by atoms with Crippen LogP contribution in [0.4, 0.5) is 5.69 Å². The van der Waals surface area contributed by atoms with E-state index in [1.54, 1.807) is 25.2 Å². The van der Waals surface area contributed by atoms with Crippen molar-refractivity contribution in [3.63, 3.8) is 0 Å². The highest BCUT2D eigenvalue weighted by Gasteiger charge is 2.23. The Morgan fingerprint density at radius 1 is 1.32 bits per heavy atom. The summed E-state index contributed by atoms with van der Waals surface area (Å²) in [5.41, 5.74) is 0.627. The summed E-state index contributed by atoms with van der Waals surface area (Å²) in [4.78, 5) is 43.8. The predicted octanol–water partition coefficient (Wildman–Crippen LogP) is 2.92. The number of amides is 1. The molecule has 9 heteroatoms. The largest absolute Gasteiger partial charge is 0.482 e. The Kier molecular flexibility index (Phi) is 4.64. The van der Waals surface area contributed by atoms with Gasteiger partial charge in [-0.3, -0.25) is 19.0 Å². The summed E-state index contributed by atoms with van der Waals surface area (Å²) in [7, 11) is 1.63. The second-order valence-electron chi connectivity index (χ2n) is 6.48. The van der Waals surface area contributed by atoms with Crippen LogP contribution in [0.3, 0.4) is 0 Å². The number of carbonyl (C=O) groups excluding carboxylic acids is 2. The van der Waals surface area contributed by atoms with Crippen molar-refractivity contribution in [2.45, 2.75) is 19.9 Å². The lowest BCUT2D eigenvalue weighted by Gasteiger charge is -2.26. The van der Waals surface area contributed by atoms with E-state index in [2.05, 4.69) is 4.98 Å². The molecule has 1 aliphatic heterocycles. The van der Waals surface area contributed by atoms with Crippen LogP contribution in [0.25, 0.3) is 10.2 Å². The van der Waals surface area contributed by atoms with Crippen molar-refractivity contribution in [3.8, 4) is 5.75 Å². The molecule has 0 atom stereocenters. The first-order chi connectivity index (χ1) is 13.4. The summed E-state index contributed by atoms with van der Waals surface area (Å²) in [5, 5.41) is 0.535. The molecule has 3 heterocycles. The molecule has 144 valence electrons. The number of aromatic nitrogens is 2. The smallest absolute Gasteiger partial charge is 0.264 e. The van der Waals surface area contributed by atoms with Crippen LogP contribution in [-0.4, -0.2) is 34.9 Å². The highest BCUT2D eigenvalue weighted by molar-refractivity contribution is 7.71. The molecule has 1 aromatic carbocycles. The summed E-state index contributed by atoms with van der Waals surface area (Å²) in [6.45, 7) is 1.81. The van der Waals surface area contributed by atoms with Crippen LogP contribution in [0.1, 0.15) is 22.2 Å². The zero-order chi connectivity index (χ0) is 20.0. The molecule has 3 aromatic rings. The minimum Gasteiger partial charge on any atom is -0.482 e. The van der Waals surface area contributed by atoms with Crippen molar-refractivity contribution in [2.24, 2.45) is 0 Å². The molecule has 1 amide bonds. The highest BCUT2D eigenvalue weighted by Crippen LogP contribution is 2.32. The molecule has 0 radical (unpaired) electrons. The molecule has 0 fully saturated rings. The number of anilines is 1. The Labute approximate surface area is 169 Å². The maximum absolute atomic E-state index is 12.8. The number of carbonyl (C=O) groups is 2. The molecular formula is C19H17N3O4S2. The summed E-state index contributed by atoms with van der Waals surface area (Å²) >= 11 is 6.79. The zero-order valence-corrected chi connectivity index (χ0v) is 16.9. The van der Waals surface area contributed by atoms with Gasteiger partial charge in [0, 0.05) is 17.5 Å². The summed E-state index contributed by atoms with van der Waals surface area (Å²) < 4.78 is 6.87. The molecule has 0 bridgehead atoms. The number of nitrogens with one attached hydrogen (secondary N) is 1. The van der Waals surface area contributed by atoms with Gasteiger partial charge in [0.2, 0.25) is 0 Å². The first kappa shape index (κ1) is 18.6. The lowest BCUT2D eigenvalue weighted by Crippen LogP contribution is -2.35. The van der Waals surface area contributed by atoms with Crippen molar-refractivity contribution < 1.29 is 14.3 Å². The van der Waals surface area contributed by atoms with E-state index in [9.17, 15) is 14.4 Å². The fourth-order valence-corrected chi connectivity index (χ4v) is 4.40. The van der Waals surface area contributed by atoms with E-state index in [0.717, 1.165) is 16.1 Å². The molecule has 7 nitrogen and oxygen atoms in total. The van der Waals surface area contributed by atoms with Crippen LogP contribution in [0.15, 0.2) is 29.1 Å². The van der Waals surface area contributed by atoms with Gasteiger partial charge < -0.3 is 14.6 Å². The topological polar surface area (TPSA) is 84.4 Å². The lowest BCUT2D eigenvalue weighted by atomic mass is 10.1. The number of aromatic amines is 1. The second kappa shape index (κ2) is 6.99. The number of rotatable bonds is 4.